The normalized spacial score (nSPS) is 10.7. The van der Waals surface area contributed by atoms with Crippen LogP contribution >= 0.6 is 22.6 Å². The van der Waals surface area contributed by atoms with Crippen LogP contribution in [0, 0.1) is 17.5 Å². The Balaban J connectivity index is 1.67. The van der Waals surface area contributed by atoms with E-state index >= 15 is 0 Å². The lowest BCUT2D eigenvalue weighted by Crippen LogP contribution is -2.23. The van der Waals surface area contributed by atoms with Crippen LogP contribution in [0.15, 0.2) is 30.5 Å². The van der Waals surface area contributed by atoms with E-state index in [1.165, 1.54) is 0 Å². The van der Waals surface area contributed by atoms with E-state index < -0.39 is 0 Å². The van der Waals surface area contributed by atoms with Crippen molar-refractivity contribution in [1.29, 1.82) is 0 Å². The molecule has 0 bridgehead atoms. The zero-order valence-electron chi connectivity index (χ0n) is 14.4. The van der Waals surface area contributed by atoms with Gasteiger partial charge in [0, 0.05) is 17.3 Å². The van der Waals surface area contributed by atoms with Crippen molar-refractivity contribution in [2.45, 2.75) is 26.9 Å². The van der Waals surface area contributed by atoms with Crippen LogP contribution in [0.2, 0.25) is 0 Å². The number of aryl methyl sites for hydroxylation is 2. The second-order valence-corrected chi connectivity index (χ2v) is 6.88. The third kappa shape index (κ3) is 4.15. The second kappa shape index (κ2) is 7.77. The molecule has 3 N–H and O–H groups in total. The lowest BCUT2D eigenvalue weighted by molar-refractivity contribution is 0.0950. The van der Waals surface area contributed by atoms with Crippen LogP contribution in [-0.4, -0.2) is 30.9 Å². The number of nitrogens with zero attached hydrogens (tertiary/aromatic N) is 5. The zero-order chi connectivity index (χ0) is 18.7. The molecule has 0 aliphatic rings. The first-order chi connectivity index (χ1) is 12.4. The Morgan fingerprint density at radius 2 is 2.00 bits per heavy atom. The van der Waals surface area contributed by atoms with Crippen molar-refractivity contribution in [3.05, 3.63) is 62.4 Å². The molecule has 3 aromatic rings. The summed E-state index contributed by atoms with van der Waals surface area (Å²) in [5.41, 5.74) is 9.11. The fourth-order valence-electron chi connectivity index (χ4n) is 2.31. The van der Waals surface area contributed by atoms with Gasteiger partial charge in [-0.3, -0.25) is 4.79 Å². The fraction of sp³-hybridized carbons (Fsp3) is 0.235. The first-order valence-corrected chi connectivity index (χ1v) is 9.02. The molecule has 0 aliphatic heterocycles. The lowest BCUT2D eigenvalue weighted by Gasteiger charge is -2.06. The Labute approximate surface area is 164 Å². The monoisotopic (exact) mass is 463 g/mol. The number of rotatable bonds is 5. The number of hydrogen-bond acceptors (Lipinski definition) is 6. The molecule has 0 spiro atoms. The van der Waals surface area contributed by atoms with Crippen LogP contribution in [0.4, 0.5) is 5.82 Å². The van der Waals surface area contributed by atoms with E-state index in [4.69, 9.17) is 5.73 Å². The van der Waals surface area contributed by atoms with E-state index in [9.17, 15) is 4.79 Å². The third-order valence-corrected chi connectivity index (χ3v) is 4.99. The van der Waals surface area contributed by atoms with E-state index in [-0.39, 0.29) is 5.91 Å². The van der Waals surface area contributed by atoms with Crippen molar-refractivity contribution >= 4 is 34.3 Å². The van der Waals surface area contributed by atoms with Gasteiger partial charge in [0.1, 0.15) is 21.0 Å². The summed E-state index contributed by atoms with van der Waals surface area (Å²) in [6.45, 7) is 4.48. The number of halogens is 1. The molecule has 2 aromatic heterocycles. The number of benzene rings is 1. The van der Waals surface area contributed by atoms with E-state index in [0.717, 1.165) is 14.8 Å². The third-order valence-electron chi connectivity index (χ3n) is 3.81. The number of carbonyl (C=O) groups is 1. The maximum Gasteiger partial charge on any atom is 0.251 e. The van der Waals surface area contributed by atoms with Crippen molar-refractivity contribution in [1.82, 2.24) is 30.3 Å². The number of carbonyl (C=O) groups excluding carboxylic acids is 1. The number of nitrogens with two attached hydrogens (primary N) is 1. The van der Waals surface area contributed by atoms with Gasteiger partial charge in [-0.15, -0.1) is 5.10 Å². The molecule has 0 aliphatic carbocycles. The second-order valence-electron chi connectivity index (χ2n) is 5.86. The molecule has 0 saturated heterocycles. The Morgan fingerprint density at radius 3 is 2.69 bits per heavy atom. The minimum absolute atomic E-state index is 0.147. The van der Waals surface area contributed by atoms with Gasteiger partial charge in [-0.1, -0.05) is 22.9 Å². The Bertz CT molecular complexity index is 937. The first-order valence-electron chi connectivity index (χ1n) is 7.94. The van der Waals surface area contributed by atoms with E-state index in [1.807, 2.05) is 19.1 Å². The number of amides is 1. The molecule has 9 heteroatoms. The minimum Gasteiger partial charge on any atom is -0.383 e. The van der Waals surface area contributed by atoms with Gasteiger partial charge in [0.05, 0.1) is 13.1 Å². The molecule has 2 heterocycles. The molecule has 26 heavy (non-hydrogen) atoms. The highest BCUT2D eigenvalue weighted by molar-refractivity contribution is 14.1. The van der Waals surface area contributed by atoms with Gasteiger partial charge in [-0.2, -0.15) is 0 Å². The topological polar surface area (TPSA) is 112 Å². The van der Waals surface area contributed by atoms with Gasteiger partial charge in [0.15, 0.2) is 0 Å². The highest BCUT2D eigenvalue weighted by Gasteiger charge is 2.14. The molecule has 0 saturated carbocycles. The summed E-state index contributed by atoms with van der Waals surface area (Å²) in [4.78, 5) is 20.5. The first kappa shape index (κ1) is 18.2. The van der Waals surface area contributed by atoms with E-state index in [0.29, 0.717) is 36.0 Å². The summed E-state index contributed by atoms with van der Waals surface area (Å²) in [6, 6.07) is 7.41. The van der Waals surface area contributed by atoms with Crippen LogP contribution in [0.3, 0.4) is 0 Å². The maximum atomic E-state index is 12.2. The molecule has 0 radical (unpaired) electrons. The lowest BCUT2D eigenvalue weighted by atomic mass is 10.1. The molecule has 0 unspecified atom stereocenters. The van der Waals surface area contributed by atoms with Gasteiger partial charge in [-0.05, 0) is 48.6 Å². The maximum absolute atomic E-state index is 12.2. The van der Waals surface area contributed by atoms with Gasteiger partial charge in [0.25, 0.3) is 5.91 Å². The Kier molecular flexibility index (Phi) is 5.45. The van der Waals surface area contributed by atoms with Gasteiger partial charge in [0.2, 0.25) is 0 Å². The highest BCUT2D eigenvalue weighted by Crippen LogP contribution is 2.14. The van der Waals surface area contributed by atoms with Crippen LogP contribution < -0.4 is 11.1 Å². The summed E-state index contributed by atoms with van der Waals surface area (Å²) in [7, 11) is 0. The summed E-state index contributed by atoms with van der Waals surface area (Å²) in [5, 5.41) is 11.1. The van der Waals surface area contributed by atoms with E-state index in [2.05, 4.69) is 48.2 Å². The van der Waals surface area contributed by atoms with E-state index in [1.54, 1.807) is 29.9 Å². The number of anilines is 1. The SMILES string of the molecule is Cc1ccc(C(=O)NCc2nnn(Cc3cnc(C)nc3N)c2I)cc1. The number of aromatic nitrogens is 5. The largest absolute Gasteiger partial charge is 0.383 e. The Morgan fingerprint density at radius 1 is 1.27 bits per heavy atom. The predicted octanol–water partition coefficient (Wildman–Crippen LogP) is 1.85. The summed E-state index contributed by atoms with van der Waals surface area (Å²) in [6.07, 6.45) is 1.69. The molecule has 8 nitrogen and oxygen atoms in total. The fourth-order valence-corrected chi connectivity index (χ4v) is 2.88. The molecule has 134 valence electrons. The summed E-state index contributed by atoms with van der Waals surface area (Å²) < 4.78 is 2.53. The summed E-state index contributed by atoms with van der Waals surface area (Å²) >= 11 is 2.15. The van der Waals surface area contributed by atoms with Crippen LogP contribution in [0.5, 0.6) is 0 Å². The summed E-state index contributed by atoms with van der Waals surface area (Å²) in [5.74, 6) is 0.906. The van der Waals surface area contributed by atoms with Gasteiger partial charge < -0.3 is 11.1 Å². The van der Waals surface area contributed by atoms with Gasteiger partial charge in [-0.25, -0.2) is 14.6 Å². The average molecular weight is 463 g/mol. The van der Waals surface area contributed by atoms with Crippen molar-refractivity contribution in [2.75, 3.05) is 5.73 Å². The predicted molar refractivity (Wildman–Crippen MR) is 105 cm³/mol. The van der Waals surface area contributed by atoms with Crippen LogP contribution in [0.25, 0.3) is 0 Å². The molecule has 1 aromatic carbocycles. The van der Waals surface area contributed by atoms with Crippen molar-refractivity contribution < 1.29 is 4.79 Å². The molecule has 0 fully saturated rings. The quantitative estimate of drug-likeness (QED) is 0.559. The molecule has 1 amide bonds. The molecular weight excluding hydrogens is 445 g/mol. The number of nitrogens with one attached hydrogen (secondary N) is 1. The van der Waals surface area contributed by atoms with Crippen LogP contribution in [-0.2, 0) is 13.1 Å². The number of hydrogen-bond donors (Lipinski definition) is 2. The van der Waals surface area contributed by atoms with Crippen LogP contribution in [0.1, 0.15) is 33.0 Å². The minimum atomic E-state index is -0.147. The van der Waals surface area contributed by atoms with Gasteiger partial charge >= 0.3 is 0 Å². The van der Waals surface area contributed by atoms with Crippen molar-refractivity contribution in [2.24, 2.45) is 0 Å². The Hall–Kier alpha value is -2.56. The average Bonchev–Trinajstić information content (AvgIpc) is 2.96. The molecule has 3 rings (SSSR count). The molecular formula is C17H18IN7O. The number of nitrogen functional groups attached to an aromatic ring is 1. The smallest absolute Gasteiger partial charge is 0.251 e. The highest BCUT2D eigenvalue weighted by atomic mass is 127. The zero-order valence-corrected chi connectivity index (χ0v) is 16.6. The van der Waals surface area contributed by atoms with Crippen molar-refractivity contribution in [3.63, 3.8) is 0 Å². The molecule has 0 atom stereocenters. The van der Waals surface area contributed by atoms with Crippen molar-refractivity contribution in [3.8, 4) is 0 Å². The standard InChI is InChI=1S/C17H18IN7O/c1-10-3-5-12(6-4-10)17(26)21-8-14-15(18)25(24-23-14)9-13-7-20-11(2)22-16(13)19/h3-7H,8-9H2,1-2H3,(H,21,26)(H2,19,20,22).